The maximum atomic E-state index is 9.48. The van der Waals surface area contributed by atoms with Crippen LogP contribution in [0.25, 0.3) is 11.5 Å². The molecule has 1 N–H and O–H groups in total. The zero-order valence-corrected chi connectivity index (χ0v) is 11.8. The van der Waals surface area contributed by atoms with E-state index in [0.717, 1.165) is 31.5 Å². The Labute approximate surface area is 122 Å². The zero-order chi connectivity index (χ0) is 13.9. The van der Waals surface area contributed by atoms with Crippen molar-refractivity contribution in [2.75, 3.05) is 13.1 Å². The fraction of sp³-hybridized carbons (Fsp3) is 0.429. The lowest BCUT2D eigenvalue weighted by molar-refractivity contribution is 0.0752. The summed E-state index contributed by atoms with van der Waals surface area (Å²) >= 11 is 5.85. The third-order valence-corrected chi connectivity index (χ3v) is 3.73. The fourth-order valence-electron chi connectivity index (χ4n) is 2.30. The molecule has 2 aromatic rings. The topological polar surface area (TPSA) is 62.4 Å². The van der Waals surface area contributed by atoms with Gasteiger partial charge in [0, 0.05) is 23.7 Å². The van der Waals surface area contributed by atoms with Crippen LogP contribution in [0.1, 0.15) is 18.7 Å². The van der Waals surface area contributed by atoms with Crippen LogP contribution in [0.15, 0.2) is 28.7 Å². The summed E-state index contributed by atoms with van der Waals surface area (Å²) in [5, 5.41) is 18.3. The van der Waals surface area contributed by atoms with Gasteiger partial charge in [0.15, 0.2) is 0 Å². The highest BCUT2D eigenvalue weighted by atomic mass is 35.5. The number of hydrogen-bond donors (Lipinski definition) is 1. The van der Waals surface area contributed by atoms with Crippen LogP contribution in [0.5, 0.6) is 0 Å². The summed E-state index contributed by atoms with van der Waals surface area (Å²) in [4.78, 5) is 2.21. The number of likely N-dealkylation sites (tertiary alicyclic amines) is 1. The quantitative estimate of drug-likeness (QED) is 0.941. The van der Waals surface area contributed by atoms with Gasteiger partial charge in [-0.3, -0.25) is 4.90 Å². The number of rotatable bonds is 3. The second kappa shape index (κ2) is 5.91. The summed E-state index contributed by atoms with van der Waals surface area (Å²) in [6, 6.07) is 7.31. The molecular formula is C14H16ClN3O2. The van der Waals surface area contributed by atoms with Crippen LogP contribution in [-0.4, -0.2) is 39.4 Å². The molecule has 0 amide bonds. The number of aliphatic hydroxyl groups is 1. The average molecular weight is 294 g/mol. The van der Waals surface area contributed by atoms with Gasteiger partial charge in [0.1, 0.15) is 0 Å². The Hall–Kier alpha value is -1.43. The largest absolute Gasteiger partial charge is 0.419 e. The minimum atomic E-state index is -0.168. The number of benzene rings is 1. The molecule has 0 atom stereocenters. The van der Waals surface area contributed by atoms with E-state index in [4.69, 9.17) is 16.0 Å². The van der Waals surface area contributed by atoms with Crippen molar-refractivity contribution in [2.45, 2.75) is 25.5 Å². The van der Waals surface area contributed by atoms with E-state index in [1.165, 1.54) is 0 Å². The summed E-state index contributed by atoms with van der Waals surface area (Å²) in [6.45, 7) is 2.35. The van der Waals surface area contributed by atoms with E-state index in [0.29, 0.717) is 23.3 Å². The molecule has 1 aromatic carbocycles. The fourth-order valence-corrected chi connectivity index (χ4v) is 2.42. The first-order valence-corrected chi connectivity index (χ1v) is 7.07. The molecule has 0 aliphatic carbocycles. The van der Waals surface area contributed by atoms with Gasteiger partial charge < -0.3 is 9.52 Å². The normalized spacial score (nSPS) is 17.5. The number of aliphatic hydroxyl groups excluding tert-OH is 1. The molecule has 0 radical (unpaired) electrons. The number of piperidine rings is 1. The summed E-state index contributed by atoms with van der Waals surface area (Å²) < 4.78 is 5.67. The van der Waals surface area contributed by atoms with E-state index in [1.54, 1.807) is 12.1 Å². The molecular weight excluding hydrogens is 278 g/mol. The highest BCUT2D eigenvalue weighted by molar-refractivity contribution is 6.30. The minimum Gasteiger partial charge on any atom is -0.419 e. The average Bonchev–Trinajstić information content (AvgIpc) is 2.91. The Balaban J connectivity index is 1.66. The van der Waals surface area contributed by atoms with Crippen LogP contribution in [0.4, 0.5) is 0 Å². The molecule has 1 saturated heterocycles. The molecule has 1 fully saturated rings. The van der Waals surface area contributed by atoms with Crippen molar-refractivity contribution in [1.29, 1.82) is 0 Å². The van der Waals surface area contributed by atoms with Crippen LogP contribution in [-0.2, 0) is 6.54 Å². The first-order valence-electron chi connectivity index (χ1n) is 6.69. The first kappa shape index (κ1) is 13.5. The van der Waals surface area contributed by atoms with Crippen molar-refractivity contribution in [3.8, 4) is 11.5 Å². The lowest BCUT2D eigenvalue weighted by atomic mass is 10.1. The molecule has 1 aromatic heterocycles. The van der Waals surface area contributed by atoms with Crippen molar-refractivity contribution in [3.63, 3.8) is 0 Å². The number of hydrogen-bond acceptors (Lipinski definition) is 5. The van der Waals surface area contributed by atoms with E-state index in [1.807, 2.05) is 12.1 Å². The van der Waals surface area contributed by atoms with Gasteiger partial charge in [0.05, 0.1) is 12.6 Å². The smallest absolute Gasteiger partial charge is 0.247 e. The number of halogens is 1. The molecule has 2 heterocycles. The van der Waals surface area contributed by atoms with Crippen LogP contribution in [0.3, 0.4) is 0 Å². The summed E-state index contributed by atoms with van der Waals surface area (Å²) in [5.74, 6) is 1.11. The van der Waals surface area contributed by atoms with Gasteiger partial charge in [-0.15, -0.1) is 10.2 Å². The Morgan fingerprint density at radius 2 is 1.90 bits per heavy atom. The van der Waals surface area contributed by atoms with Gasteiger partial charge in [-0.25, -0.2) is 0 Å². The molecule has 1 aliphatic heterocycles. The van der Waals surface area contributed by atoms with E-state index in [9.17, 15) is 5.11 Å². The highest BCUT2D eigenvalue weighted by Crippen LogP contribution is 2.21. The van der Waals surface area contributed by atoms with E-state index in [-0.39, 0.29) is 6.10 Å². The highest BCUT2D eigenvalue weighted by Gasteiger charge is 2.19. The van der Waals surface area contributed by atoms with Crippen LogP contribution >= 0.6 is 11.6 Å². The summed E-state index contributed by atoms with van der Waals surface area (Å²) in [5.41, 5.74) is 0.863. The molecule has 0 spiro atoms. The predicted molar refractivity (Wildman–Crippen MR) is 75.3 cm³/mol. The number of nitrogens with zero attached hydrogens (tertiary/aromatic N) is 3. The SMILES string of the molecule is OC1CCN(Cc2nnc(-c3ccc(Cl)cc3)o2)CC1. The molecule has 0 saturated carbocycles. The first-order chi connectivity index (χ1) is 9.70. The molecule has 20 heavy (non-hydrogen) atoms. The molecule has 5 nitrogen and oxygen atoms in total. The Morgan fingerprint density at radius 3 is 2.60 bits per heavy atom. The van der Waals surface area contributed by atoms with Crippen LogP contribution < -0.4 is 0 Å². The Bertz CT molecular complexity index is 562. The van der Waals surface area contributed by atoms with Crippen molar-refractivity contribution in [3.05, 3.63) is 35.2 Å². The van der Waals surface area contributed by atoms with E-state index in [2.05, 4.69) is 15.1 Å². The van der Waals surface area contributed by atoms with E-state index >= 15 is 0 Å². The van der Waals surface area contributed by atoms with Crippen LogP contribution in [0.2, 0.25) is 5.02 Å². The van der Waals surface area contributed by atoms with Gasteiger partial charge in [0.2, 0.25) is 11.8 Å². The van der Waals surface area contributed by atoms with Gasteiger partial charge in [-0.1, -0.05) is 11.6 Å². The lowest BCUT2D eigenvalue weighted by Crippen LogP contribution is -2.35. The standard InChI is InChI=1S/C14H16ClN3O2/c15-11-3-1-10(2-4-11)14-17-16-13(20-14)9-18-7-5-12(19)6-8-18/h1-4,12,19H,5-9H2. The third kappa shape index (κ3) is 3.17. The summed E-state index contributed by atoms with van der Waals surface area (Å²) in [6.07, 6.45) is 1.44. The van der Waals surface area contributed by atoms with Crippen LogP contribution in [0, 0.1) is 0 Å². The maximum Gasteiger partial charge on any atom is 0.247 e. The van der Waals surface area contributed by atoms with Crippen molar-refractivity contribution in [2.24, 2.45) is 0 Å². The molecule has 0 bridgehead atoms. The minimum absolute atomic E-state index is 0.168. The number of aromatic nitrogens is 2. The van der Waals surface area contributed by atoms with Crippen molar-refractivity contribution in [1.82, 2.24) is 15.1 Å². The van der Waals surface area contributed by atoms with Gasteiger partial charge in [-0.05, 0) is 37.1 Å². The second-order valence-electron chi connectivity index (χ2n) is 5.02. The molecule has 6 heteroatoms. The maximum absolute atomic E-state index is 9.48. The Kier molecular flexibility index (Phi) is 4.00. The summed E-state index contributed by atoms with van der Waals surface area (Å²) in [7, 11) is 0. The lowest BCUT2D eigenvalue weighted by Gasteiger charge is -2.27. The molecule has 0 unspecified atom stereocenters. The zero-order valence-electron chi connectivity index (χ0n) is 11.0. The molecule has 1 aliphatic rings. The predicted octanol–water partition coefficient (Wildman–Crippen LogP) is 2.35. The van der Waals surface area contributed by atoms with Crippen molar-refractivity contribution >= 4 is 11.6 Å². The van der Waals surface area contributed by atoms with Gasteiger partial charge in [-0.2, -0.15) is 0 Å². The van der Waals surface area contributed by atoms with Gasteiger partial charge in [0.25, 0.3) is 0 Å². The Morgan fingerprint density at radius 1 is 1.20 bits per heavy atom. The molecule has 3 rings (SSSR count). The molecule has 106 valence electrons. The third-order valence-electron chi connectivity index (χ3n) is 3.47. The van der Waals surface area contributed by atoms with Crippen molar-refractivity contribution < 1.29 is 9.52 Å². The van der Waals surface area contributed by atoms with E-state index < -0.39 is 0 Å². The van der Waals surface area contributed by atoms with Gasteiger partial charge >= 0.3 is 0 Å². The second-order valence-corrected chi connectivity index (χ2v) is 5.45. The monoisotopic (exact) mass is 293 g/mol.